The number of carbonyl (C=O) groups excluding carboxylic acids is 1. The standard InChI is InChI=1S/C23H24FN5O/c24-19-6-1-4-17(14-19)9-11-26-22-20(7-8-21(28-22)29-12-3-13-29)23(30)27-16-18-5-2-10-25-15-18/h1-2,4-8,10,14-15H,3,9,11-13,16H2,(H,26,28)(H,27,30). The van der Waals surface area contributed by atoms with Crippen LogP contribution in [0.3, 0.4) is 0 Å². The van der Waals surface area contributed by atoms with Gasteiger partial charge in [-0.1, -0.05) is 18.2 Å². The minimum Gasteiger partial charge on any atom is -0.369 e. The van der Waals surface area contributed by atoms with Crippen molar-refractivity contribution in [1.82, 2.24) is 15.3 Å². The Morgan fingerprint density at radius 3 is 2.70 bits per heavy atom. The number of aromatic nitrogens is 2. The summed E-state index contributed by atoms with van der Waals surface area (Å²) in [7, 11) is 0. The van der Waals surface area contributed by atoms with Gasteiger partial charge in [-0.05, 0) is 54.3 Å². The average molecular weight is 405 g/mol. The molecule has 3 aromatic rings. The summed E-state index contributed by atoms with van der Waals surface area (Å²) in [5.74, 6) is 0.952. The first-order chi connectivity index (χ1) is 14.7. The molecule has 6 nitrogen and oxygen atoms in total. The van der Waals surface area contributed by atoms with Crippen molar-refractivity contribution in [3.8, 4) is 0 Å². The lowest BCUT2D eigenvalue weighted by Gasteiger charge is -2.32. The van der Waals surface area contributed by atoms with E-state index in [1.165, 1.54) is 12.1 Å². The first-order valence-electron chi connectivity index (χ1n) is 10.1. The molecule has 0 spiro atoms. The van der Waals surface area contributed by atoms with Gasteiger partial charge in [0.1, 0.15) is 17.5 Å². The number of rotatable bonds is 8. The Bertz CT molecular complexity index is 1010. The molecule has 4 rings (SSSR count). The van der Waals surface area contributed by atoms with Crippen molar-refractivity contribution in [3.63, 3.8) is 0 Å². The largest absolute Gasteiger partial charge is 0.369 e. The first kappa shape index (κ1) is 19.8. The van der Waals surface area contributed by atoms with Crippen LogP contribution in [-0.2, 0) is 13.0 Å². The van der Waals surface area contributed by atoms with E-state index in [-0.39, 0.29) is 11.7 Å². The number of pyridine rings is 2. The molecular formula is C23H24FN5O. The lowest BCUT2D eigenvalue weighted by atomic mass is 10.1. The smallest absolute Gasteiger partial charge is 0.255 e. The zero-order chi connectivity index (χ0) is 20.8. The summed E-state index contributed by atoms with van der Waals surface area (Å²) in [4.78, 5) is 23.7. The van der Waals surface area contributed by atoms with E-state index in [9.17, 15) is 9.18 Å². The van der Waals surface area contributed by atoms with Gasteiger partial charge in [0, 0.05) is 38.6 Å². The van der Waals surface area contributed by atoms with Crippen molar-refractivity contribution >= 4 is 17.5 Å². The average Bonchev–Trinajstić information content (AvgIpc) is 2.72. The highest BCUT2D eigenvalue weighted by atomic mass is 19.1. The third kappa shape index (κ3) is 4.92. The summed E-state index contributed by atoms with van der Waals surface area (Å²) in [6.45, 7) is 2.89. The summed E-state index contributed by atoms with van der Waals surface area (Å²) in [6, 6.07) is 14.0. The summed E-state index contributed by atoms with van der Waals surface area (Å²) in [5.41, 5.74) is 2.31. The fourth-order valence-electron chi connectivity index (χ4n) is 3.29. The fraction of sp³-hybridized carbons (Fsp3) is 0.261. The zero-order valence-corrected chi connectivity index (χ0v) is 16.6. The molecule has 1 aliphatic heterocycles. The van der Waals surface area contributed by atoms with E-state index >= 15 is 0 Å². The number of anilines is 2. The van der Waals surface area contributed by atoms with Gasteiger partial charge in [-0.15, -0.1) is 0 Å². The molecule has 2 aromatic heterocycles. The summed E-state index contributed by atoms with van der Waals surface area (Å²) in [6.07, 6.45) is 5.20. The Morgan fingerprint density at radius 1 is 1.10 bits per heavy atom. The minimum absolute atomic E-state index is 0.199. The van der Waals surface area contributed by atoms with Gasteiger partial charge in [0.2, 0.25) is 0 Å². The van der Waals surface area contributed by atoms with Crippen molar-refractivity contribution < 1.29 is 9.18 Å². The number of amides is 1. The SMILES string of the molecule is O=C(NCc1cccnc1)c1ccc(N2CCC2)nc1NCCc1cccc(F)c1. The zero-order valence-electron chi connectivity index (χ0n) is 16.6. The predicted octanol–water partition coefficient (Wildman–Crippen LogP) is 3.41. The monoisotopic (exact) mass is 405 g/mol. The molecule has 0 radical (unpaired) electrons. The predicted molar refractivity (Wildman–Crippen MR) is 115 cm³/mol. The molecule has 1 saturated heterocycles. The van der Waals surface area contributed by atoms with E-state index < -0.39 is 0 Å². The van der Waals surface area contributed by atoms with Crippen LogP contribution in [-0.4, -0.2) is 35.5 Å². The maximum Gasteiger partial charge on any atom is 0.255 e. The molecule has 0 aliphatic carbocycles. The normalized spacial score (nSPS) is 12.9. The van der Waals surface area contributed by atoms with E-state index in [0.29, 0.717) is 30.9 Å². The van der Waals surface area contributed by atoms with Crippen LogP contribution in [0.1, 0.15) is 27.9 Å². The van der Waals surface area contributed by atoms with Crippen LogP contribution in [0.2, 0.25) is 0 Å². The van der Waals surface area contributed by atoms with E-state index in [0.717, 1.165) is 36.5 Å². The molecule has 0 unspecified atom stereocenters. The Kier molecular flexibility index (Phi) is 6.17. The molecule has 1 fully saturated rings. The maximum absolute atomic E-state index is 13.4. The Labute approximate surface area is 175 Å². The number of benzene rings is 1. The van der Waals surface area contributed by atoms with Crippen molar-refractivity contribution in [2.75, 3.05) is 29.9 Å². The van der Waals surface area contributed by atoms with E-state index in [2.05, 4.69) is 25.5 Å². The second-order valence-corrected chi connectivity index (χ2v) is 7.26. The third-order valence-electron chi connectivity index (χ3n) is 5.08. The van der Waals surface area contributed by atoms with Gasteiger partial charge in [0.25, 0.3) is 5.91 Å². The lowest BCUT2D eigenvalue weighted by molar-refractivity contribution is 0.0951. The van der Waals surface area contributed by atoms with E-state index in [4.69, 9.17) is 0 Å². The highest BCUT2D eigenvalue weighted by Crippen LogP contribution is 2.23. The van der Waals surface area contributed by atoms with Gasteiger partial charge in [-0.25, -0.2) is 9.37 Å². The quantitative estimate of drug-likeness (QED) is 0.601. The van der Waals surface area contributed by atoms with Crippen LogP contribution in [0.15, 0.2) is 60.9 Å². The van der Waals surface area contributed by atoms with E-state index in [1.807, 2.05) is 30.3 Å². The Balaban J connectivity index is 1.46. The third-order valence-corrected chi connectivity index (χ3v) is 5.08. The summed E-state index contributed by atoms with van der Waals surface area (Å²) in [5, 5.41) is 6.20. The molecule has 30 heavy (non-hydrogen) atoms. The van der Waals surface area contributed by atoms with Crippen LogP contribution in [0.4, 0.5) is 16.0 Å². The van der Waals surface area contributed by atoms with Crippen molar-refractivity contribution in [2.45, 2.75) is 19.4 Å². The van der Waals surface area contributed by atoms with E-state index in [1.54, 1.807) is 18.5 Å². The second kappa shape index (κ2) is 9.35. The number of hydrogen-bond acceptors (Lipinski definition) is 5. The molecule has 0 bridgehead atoms. The molecule has 1 aromatic carbocycles. The molecule has 154 valence electrons. The molecule has 1 aliphatic rings. The van der Waals surface area contributed by atoms with Gasteiger partial charge in [0.05, 0.1) is 5.56 Å². The number of carbonyl (C=O) groups is 1. The molecule has 2 N–H and O–H groups in total. The minimum atomic E-state index is -0.249. The van der Waals surface area contributed by atoms with Crippen LogP contribution < -0.4 is 15.5 Å². The second-order valence-electron chi connectivity index (χ2n) is 7.26. The number of hydrogen-bond donors (Lipinski definition) is 2. The molecule has 0 saturated carbocycles. The number of nitrogens with one attached hydrogen (secondary N) is 2. The van der Waals surface area contributed by atoms with Crippen molar-refractivity contribution in [3.05, 3.63) is 83.4 Å². The van der Waals surface area contributed by atoms with Crippen LogP contribution in [0, 0.1) is 5.82 Å². The van der Waals surface area contributed by atoms with Crippen LogP contribution in [0.5, 0.6) is 0 Å². The lowest BCUT2D eigenvalue weighted by Crippen LogP contribution is -2.37. The van der Waals surface area contributed by atoms with Crippen molar-refractivity contribution in [2.24, 2.45) is 0 Å². The maximum atomic E-state index is 13.4. The number of nitrogens with zero attached hydrogens (tertiary/aromatic N) is 3. The molecule has 1 amide bonds. The van der Waals surface area contributed by atoms with Crippen LogP contribution >= 0.6 is 0 Å². The Hall–Kier alpha value is -3.48. The van der Waals surface area contributed by atoms with Gasteiger partial charge in [0.15, 0.2) is 0 Å². The fourth-order valence-corrected chi connectivity index (χ4v) is 3.29. The first-order valence-corrected chi connectivity index (χ1v) is 10.1. The molecule has 7 heteroatoms. The van der Waals surface area contributed by atoms with Crippen LogP contribution in [0.25, 0.3) is 0 Å². The van der Waals surface area contributed by atoms with Gasteiger partial charge in [-0.3, -0.25) is 9.78 Å². The molecule has 0 atom stereocenters. The summed E-state index contributed by atoms with van der Waals surface area (Å²) < 4.78 is 13.4. The topological polar surface area (TPSA) is 70.2 Å². The molecular weight excluding hydrogens is 381 g/mol. The number of halogens is 1. The van der Waals surface area contributed by atoms with Crippen molar-refractivity contribution in [1.29, 1.82) is 0 Å². The van der Waals surface area contributed by atoms with Gasteiger partial charge in [-0.2, -0.15) is 0 Å². The summed E-state index contributed by atoms with van der Waals surface area (Å²) >= 11 is 0. The Morgan fingerprint density at radius 2 is 1.97 bits per heavy atom. The highest BCUT2D eigenvalue weighted by molar-refractivity contribution is 5.99. The molecule has 3 heterocycles. The van der Waals surface area contributed by atoms with Gasteiger partial charge < -0.3 is 15.5 Å². The van der Waals surface area contributed by atoms with Gasteiger partial charge >= 0.3 is 0 Å². The highest BCUT2D eigenvalue weighted by Gasteiger charge is 2.19.